The van der Waals surface area contributed by atoms with Crippen LogP contribution in [0.15, 0.2) is 48.5 Å². The Morgan fingerprint density at radius 3 is 2.50 bits per heavy atom. The summed E-state index contributed by atoms with van der Waals surface area (Å²) < 4.78 is 7.04. The zero-order valence-electron chi connectivity index (χ0n) is 17.8. The largest absolute Gasteiger partial charge is 0.431 e. The summed E-state index contributed by atoms with van der Waals surface area (Å²) >= 11 is 1.55. The van der Waals surface area contributed by atoms with Crippen LogP contribution in [0.3, 0.4) is 0 Å². The molecule has 0 atom stereocenters. The van der Waals surface area contributed by atoms with Crippen molar-refractivity contribution in [2.45, 2.75) is 39.3 Å². The second-order valence-electron chi connectivity index (χ2n) is 6.95. The van der Waals surface area contributed by atoms with Crippen LogP contribution < -0.4 is 4.74 Å². The number of hydrogen-bond acceptors (Lipinski definition) is 7. The van der Waals surface area contributed by atoms with Gasteiger partial charge in [-0.3, -0.25) is 9.69 Å². The highest BCUT2D eigenvalue weighted by molar-refractivity contribution is 7.20. The van der Waals surface area contributed by atoms with Crippen LogP contribution in [-0.4, -0.2) is 47.6 Å². The maximum Gasteiger partial charge on any atom is 0.312 e. The standard InChI is InChI=1S/C21H23N3O3S.C2H6/c1-23(26-15-25)17-10-12-24(13-11-17)14-16-6-8-18(9-7-16)27-21-22-19-4-2-3-5-20(19)28-21;1-2/h2-9,15,17H,10-14H2,1H3;1-2H3. The number of carbonyl (C=O) groups is 1. The summed E-state index contributed by atoms with van der Waals surface area (Å²) in [5.41, 5.74) is 2.22. The molecule has 160 valence electrons. The average molecular weight is 428 g/mol. The van der Waals surface area contributed by atoms with Crippen LogP contribution in [0.2, 0.25) is 0 Å². The molecule has 6 nitrogen and oxygen atoms in total. The number of nitrogens with zero attached hydrogens (tertiary/aromatic N) is 3. The summed E-state index contributed by atoms with van der Waals surface area (Å²) in [4.78, 5) is 22.3. The van der Waals surface area contributed by atoms with E-state index in [0.717, 1.165) is 48.4 Å². The fourth-order valence-electron chi connectivity index (χ4n) is 3.51. The Balaban J connectivity index is 0.00000124. The topological polar surface area (TPSA) is 54.9 Å². The summed E-state index contributed by atoms with van der Waals surface area (Å²) in [5.74, 6) is 0.800. The normalized spacial score (nSPS) is 14.9. The first-order valence-electron chi connectivity index (χ1n) is 10.4. The first-order valence-corrected chi connectivity index (χ1v) is 11.2. The zero-order chi connectivity index (χ0) is 21.3. The molecule has 1 aliphatic rings. The number of likely N-dealkylation sites (tertiary alicyclic amines) is 1. The predicted octanol–water partition coefficient (Wildman–Crippen LogP) is 5.10. The number of rotatable bonds is 7. The van der Waals surface area contributed by atoms with E-state index in [-0.39, 0.29) is 0 Å². The lowest BCUT2D eigenvalue weighted by molar-refractivity contribution is -0.181. The number of benzene rings is 2. The number of aromatic nitrogens is 1. The summed E-state index contributed by atoms with van der Waals surface area (Å²) in [5, 5.41) is 2.33. The van der Waals surface area contributed by atoms with Gasteiger partial charge in [0.2, 0.25) is 0 Å². The number of hydroxylamine groups is 2. The smallest absolute Gasteiger partial charge is 0.312 e. The average Bonchev–Trinajstić information content (AvgIpc) is 3.19. The third-order valence-electron chi connectivity index (χ3n) is 5.09. The molecule has 1 aliphatic heterocycles. The van der Waals surface area contributed by atoms with Crippen molar-refractivity contribution >= 4 is 28.0 Å². The van der Waals surface area contributed by atoms with Crippen LogP contribution >= 0.6 is 11.3 Å². The SMILES string of the molecule is CC.CN(OC=O)C1CCN(Cc2ccc(Oc3nc4ccccc4s3)cc2)CC1. The Kier molecular flexibility index (Phi) is 8.19. The van der Waals surface area contributed by atoms with E-state index in [1.807, 2.05) is 51.2 Å². The minimum absolute atomic E-state index is 0.297. The lowest BCUT2D eigenvalue weighted by Crippen LogP contribution is -2.42. The van der Waals surface area contributed by atoms with Crippen LogP contribution in [0.5, 0.6) is 10.9 Å². The molecule has 0 radical (unpaired) electrons. The summed E-state index contributed by atoms with van der Waals surface area (Å²) in [6.07, 6.45) is 1.98. The predicted molar refractivity (Wildman–Crippen MR) is 121 cm³/mol. The maximum absolute atomic E-state index is 10.5. The summed E-state index contributed by atoms with van der Waals surface area (Å²) in [7, 11) is 1.82. The van der Waals surface area contributed by atoms with Crippen molar-refractivity contribution < 1.29 is 14.4 Å². The van der Waals surface area contributed by atoms with Gasteiger partial charge in [0.1, 0.15) is 5.75 Å². The van der Waals surface area contributed by atoms with E-state index in [1.54, 1.807) is 16.4 Å². The van der Waals surface area contributed by atoms with Crippen LogP contribution in [0, 0.1) is 0 Å². The minimum Gasteiger partial charge on any atom is -0.431 e. The van der Waals surface area contributed by atoms with Gasteiger partial charge >= 0.3 is 6.47 Å². The van der Waals surface area contributed by atoms with Gasteiger partial charge in [0, 0.05) is 32.7 Å². The van der Waals surface area contributed by atoms with Gasteiger partial charge in [0.25, 0.3) is 5.19 Å². The Hall–Kier alpha value is -2.48. The van der Waals surface area contributed by atoms with Crippen molar-refractivity contribution in [1.82, 2.24) is 14.9 Å². The van der Waals surface area contributed by atoms with Crippen LogP contribution in [0.1, 0.15) is 32.3 Å². The van der Waals surface area contributed by atoms with E-state index in [4.69, 9.17) is 9.57 Å². The van der Waals surface area contributed by atoms with Crippen molar-refractivity contribution in [1.29, 1.82) is 0 Å². The molecule has 0 spiro atoms. The van der Waals surface area contributed by atoms with Gasteiger partial charge in [0.15, 0.2) is 0 Å². The molecule has 30 heavy (non-hydrogen) atoms. The van der Waals surface area contributed by atoms with Gasteiger partial charge in [-0.2, -0.15) is 0 Å². The van der Waals surface area contributed by atoms with E-state index in [1.165, 1.54) is 5.56 Å². The summed E-state index contributed by atoms with van der Waals surface area (Å²) in [6, 6.07) is 16.5. The van der Waals surface area contributed by atoms with Gasteiger partial charge < -0.3 is 9.57 Å². The Morgan fingerprint density at radius 2 is 1.83 bits per heavy atom. The lowest BCUT2D eigenvalue weighted by Gasteiger charge is -2.35. The van der Waals surface area contributed by atoms with E-state index in [0.29, 0.717) is 17.7 Å². The van der Waals surface area contributed by atoms with Crippen LogP contribution in [0.4, 0.5) is 0 Å². The molecular weight excluding hydrogens is 398 g/mol. The molecule has 2 aromatic carbocycles. The van der Waals surface area contributed by atoms with Gasteiger partial charge in [0.05, 0.1) is 10.2 Å². The molecule has 2 heterocycles. The minimum atomic E-state index is 0.297. The van der Waals surface area contributed by atoms with Crippen molar-refractivity contribution in [3.8, 4) is 10.9 Å². The highest BCUT2D eigenvalue weighted by atomic mass is 32.1. The molecule has 0 N–H and O–H groups in total. The lowest BCUT2D eigenvalue weighted by atomic mass is 10.0. The van der Waals surface area contributed by atoms with Crippen molar-refractivity contribution in [3.63, 3.8) is 0 Å². The Labute approximate surface area is 182 Å². The van der Waals surface area contributed by atoms with Crippen molar-refractivity contribution in [2.24, 2.45) is 0 Å². The second-order valence-corrected chi connectivity index (χ2v) is 7.94. The number of ether oxygens (including phenoxy) is 1. The Bertz CT molecular complexity index is 888. The molecule has 0 saturated carbocycles. The van der Waals surface area contributed by atoms with E-state index < -0.39 is 0 Å². The second kappa shape index (κ2) is 11.1. The van der Waals surface area contributed by atoms with Crippen LogP contribution in [0.25, 0.3) is 10.2 Å². The molecular formula is C23H29N3O3S. The zero-order valence-corrected chi connectivity index (χ0v) is 18.6. The first-order chi connectivity index (χ1) is 14.7. The summed E-state index contributed by atoms with van der Waals surface area (Å²) in [6.45, 7) is 7.37. The number of para-hydroxylation sites is 1. The Morgan fingerprint density at radius 1 is 1.13 bits per heavy atom. The molecule has 0 unspecified atom stereocenters. The van der Waals surface area contributed by atoms with Gasteiger partial charge in [-0.1, -0.05) is 49.4 Å². The maximum atomic E-state index is 10.5. The van der Waals surface area contributed by atoms with Crippen molar-refractivity contribution in [3.05, 3.63) is 54.1 Å². The highest BCUT2D eigenvalue weighted by Gasteiger charge is 2.23. The van der Waals surface area contributed by atoms with E-state index in [9.17, 15) is 4.79 Å². The number of carbonyl (C=O) groups excluding carboxylic acids is 1. The number of thiazole rings is 1. The molecule has 0 bridgehead atoms. The molecule has 7 heteroatoms. The van der Waals surface area contributed by atoms with Crippen molar-refractivity contribution in [2.75, 3.05) is 20.1 Å². The highest BCUT2D eigenvalue weighted by Crippen LogP contribution is 2.31. The van der Waals surface area contributed by atoms with E-state index in [2.05, 4.69) is 28.1 Å². The van der Waals surface area contributed by atoms with Crippen LogP contribution in [-0.2, 0) is 16.2 Å². The molecule has 4 rings (SSSR count). The number of piperidine rings is 1. The molecule has 0 amide bonds. The monoisotopic (exact) mass is 427 g/mol. The fraction of sp³-hybridized carbons (Fsp3) is 0.391. The molecule has 0 aliphatic carbocycles. The number of fused-ring (bicyclic) bond motifs is 1. The quantitative estimate of drug-likeness (QED) is 0.386. The molecule has 1 aromatic heterocycles. The molecule has 3 aromatic rings. The molecule has 1 saturated heterocycles. The van der Waals surface area contributed by atoms with Gasteiger partial charge in [-0.25, -0.2) is 4.98 Å². The first kappa shape index (κ1) is 22.2. The number of hydrogen-bond donors (Lipinski definition) is 0. The third-order valence-corrected chi connectivity index (χ3v) is 6.00. The fourth-order valence-corrected chi connectivity index (χ4v) is 4.35. The third kappa shape index (κ3) is 5.78. The molecule has 1 fully saturated rings. The van der Waals surface area contributed by atoms with E-state index >= 15 is 0 Å². The van der Waals surface area contributed by atoms with Gasteiger partial charge in [-0.05, 0) is 42.7 Å². The van der Waals surface area contributed by atoms with Gasteiger partial charge in [-0.15, -0.1) is 5.06 Å².